The number of hydrogen-bond donors (Lipinski definition) is 2. The topological polar surface area (TPSA) is 115 Å². The predicted octanol–water partition coefficient (Wildman–Crippen LogP) is 3.80. The number of nitrogens with zero attached hydrogens (tertiary/aromatic N) is 2. The first-order valence-corrected chi connectivity index (χ1v) is 10.3. The number of aromatic nitrogens is 2. The van der Waals surface area contributed by atoms with Crippen molar-refractivity contribution in [2.75, 3.05) is 0 Å². The van der Waals surface area contributed by atoms with Crippen LogP contribution in [0, 0.1) is 0 Å². The monoisotopic (exact) mass is 419 g/mol. The third-order valence-electron chi connectivity index (χ3n) is 4.19. The summed E-state index contributed by atoms with van der Waals surface area (Å²) in [5.74, 6) is -1.11. The number of carbonyl (C=O) groups is 1. The number of sulfonamides is 1. The fourth-order valence-corrected chi connectivity index (χ4v) is 3.55. The Hall–Kier alpha value is -2.68. The summed E-state index contributed by atoms with van der Waals surface area (Å²) in [5.41, 5.74) is 2.11. The molecule has 0 amide bonds. The Balaban J connectivity index is 2.30. The number of carboxylic acid groups (broad SMARTS) is 1. The lowest BCUT2D eigenvalue weighted by Crippen LogP contribution is -2.12. The largest absolute Gasteiger partial charge is 0.477 e. The summed E-state index contributed by atoms with van der Waals surface area (Å²) in [4.78, 5) is 12.0. The minimum Gasteiger partial charge on any atom is -0.477 e. The molecule has 3 N–H and O–H groups in total. The Morgan fingerprint density at radius 3 is 2.07 bits per heavy atom. The zero-order valence-corrected chi connectivity index (χ0v) is 16.7. The van der Waals surface area contributed by atoms with Crippen molar-refractivity contribution in [3.63, 3.8) is 0 Å². The first kappa shape index (κ1) is 20.1. The molecule has 0 aliphatic rings. The molecule has 0 spiro atoms. The smallest absolute Gasteiger partial charge is 0.354 e. The molecule has 0 fully saturated rings. The molecule has 3 rings (SSSR count). The van der Waals surface area contributed by atoms with Crippen LogP contribution < -0.4 is 5.14 Å². The van der Waals surface area contributed by atoms with Crippen LogP contribution >= 0.6 is 11.6 Å². The molecule has 146 valence electrons. The molecule has 28 heavy (non-hydrogen) atoms. The number of primary sulfonamides is 1. The number of benzene rings is 2. The lowest BCUT2D eigenvalue weighted by Gasteiger charge is -2.09. The van der Waals surface area contributed by atoms with E-state index in [1.165, 1.54) is 16.8 Å². The molecule has 0 aliphatic heterocycles. The van der Waals surface area contributed by atoms with Crippen LogP contribution in [0.4, 0.5) is 0 Å². The van der Waals surface area contributed by atoms with E-state index in [1.807, 2.05) is 13.8 Å². The maximum atomic E-state index is 12.0. The average molecular weight is 420 g/mol. The molecule has 0 aliphatic carbocycles. The van der Waals surface area contributed by atoms with Gasteiger partial charge in [-0.3, -0.25) is 4.68 Å². The van der Waals surface area contributed by atoms with Gasteiger partial charge in [0.15, 0.2) is 5.69 Å². The van der Waals surface area contributed by atoms with Crippen molar-refractivity contribution in [2.45, 2.75) is 24.8 Å². The Kier molecular flexibility index (Phi) is 5.29. The van der Waals surface area contributed by atoms with Gasteiger partial charge in [0.25, 0.3) is 0 Å². The van der Waals surface area contributed by atoms with Gasteiger partial charge >= 0.3 is 5.97 Å². The van der Waals surface area contributed by atoms with Gasteiger partial charge in [0.2, 0.25) is 10.0 Å². The molecule has 3 aromatic rings. The van der Waals surface area contributed by atoms with Crippen molar-refractivity contribution in [1.82, 2.24) is 9.78 Å². The van der Waals surface area contributed by atoms with Crippen LogP contribution in [-0.4, -0.2) is 29.3 Å². The number of rotatable bonds is 5. The Morgan fingerprint density at radius 2 is 1.61 bits per heavy atom. The normalized spacial score (nSPS) is 11.8. The highest BCUT2D eigenvalue weighted by Gasteiger charge is 2.26. The fourth-order valence-electron chi connectivity index (χ4n) is 2.91. The maximum Gasteiger partial charge on any atom is 0.354 e. The van der Waals surface area contributed by atoms with Crippen LogP contribution in [0.2, 0.25) is 5.02 Å². The SMILES string of the molecule is CC(C)n1nc(-c2ccc(S(N)(=O)=O)cc2)c(-c2ccc(Cl)cc2)c1C(=O)O. The van der Waals surface area contributed by atoms with E-state index in [-0.39, 0.29) is 16.6 Å². The first-order valence-electron chi connectivity index (χ1n) is 8.34. The quantitative estimate of drug-likeness (QED) is 0.652. The molecular formula is C19H18ClN3O4S. The second-order valence-corrected chi connectivity index (χ2v) is 8.49. The molecule has 0 atom stereocenters. The number of aromatic carboxylic acids is 1. The third kappa shape index (κ3) is 3.80. The molecule has 0 unspecified atom stereocenters. The molecule has 1 heterocycles. The van der Waals surface area contributed by atoms with Crippen LogP contribution in [0.5, 0.6) is 0 Å². The number of carboxylic acids is 1. The van der Waals surface area contributed by atoms with Crippen LogP contribution in [0.25, 0.3) is 22.4 Å². The highest BCUT2D eigenvalue weighted by molar-refractivity contribution is 7.89. The summed E-state index contributed by atoms with van der Waals surface area (Å²) < 4.78 is 24.5. The number of hydrogen-bond acceptors (Lipinski definition) is 4. The highest BCUT2D eigenvalue weighted by atomic mass is 35.5. The van der Waals surface area contributed by atoms with E-state index < -0.39 is 16.0 Å². The van der Waals surface area contributed by atoms with Gasteiger partial charge in [0.05, 0.1) is 4.90 Å². The summed E-state index contributed by atoms with van der Waals surface area (Å²) in [5, 5.41) is 20.0. The summed E-state index contributed by atoms with van der Waals surface area (Å²) in [6.45, 7) is 3.66. The highest BCUT2D eigenvalue weighted by Crippen LogP contribution is 2.36. The van der Waals surface area contributed by atoms with Crippen molar-refractivity contribution in [3.05, 3.63) is 59.2 Å². The van der Waals surface area contributed by atoms with Gasteiger partial charge in [-0.25, -0.2) is 18.4 Å². The molecule has 7 nitrogen and oxygen atoms in total. The maximum absolute atomic E-state index is 12.0. The van der Waals surface area contributed by atoms with Crippen molar-refractivity contribution >= 4 is 27.6 Å². The van der Waals surface area contributed by atoms with Crippen molar-refractivity contribution in [3.8, 4) is 22.4 Å². The lowest BCUT2D eigenvalue weighted by molar-refractivity contribution is 0.0682. The van der Waals surface area contributed by atoms with E-state index in [1.54, 1.807) is 36.4 Å². The van der Waals surface area contributed by atoms with Crippen molar-refractivity contribution in [2.24, 2.45) is 5.14 Å². The standard InChI is InChI=1S/C19H18ClN3O4S/c1-11(2)23-18(19(24)25)16(12-3-7-14(20)8-4-12)17(22-23)13-5-9-15(10-6-13)28(21,26)27/h3-11H,1-2H3,(H,24,25)(H2,21,26,27). The zero-order chi connectivity index (χ0) is 20.6. The van der Waals surface area contributed by atoms with Gasteiger partial charge in [-0.2, -0.15) is 5.10 Å². The number of halogens is 1. The summed E-state index contributed by atoms with van der Waals surface area (Å²) >= 11 is 5.97. The predicted molar refractivity (Wildman–Crippen MR) is 107 cm³/mol. The molecular weight excluding hydrogens is 402 g/mol. The van der Waals surface area contributed by atoms with Gasteiger partial charge < -0.3 is 5.11 Å². The molecule has 0 bridgehead atoms. The molecule has 0 saturated carbocycles. The van der Waals surface area contributed by atoms with Gasteiger partial charge in [-0.1, -0.05) is 35.9 Å². The first-order chi connectivity index (χ1) is 13.1. The summed E-state index contributed by atoms with van der Waals surface area (Å²) in [6, 6.07) is 12.4. The van der Waals surface area contributed by atoms with Crippen LogP contribution in [0.15, 0.2) is 53.4 Å². The van der Waals surface area contributed by atoms with Gasteiger partial charge in [0.1, 0.15) is 5.69 Å². The van der Waals surface area contributed by atoms with E-state index >= 15 is 0 Å². The molecule has 1 aromatic heterocycles. The Labute approximate surface area is 167 Å². The molecule has 0 radical (unpaired) electrons. The van der Waals surface area contributed by atoms with E-state index in [9.17, 15) is 18.3 Å². The van der Waals surface area contributed by atoms with Crippen LogP contribution in [0.3, 0.4) is 0 Å². The Bertz CT molecular complexity index is 1140. The van der Waals surface area contributed by atoms with Crippen molar-refractivity contribution < 1.29 is 18.3 Å². The van der Waals surface area contributed by atoms with Crippen LogP contribution in [0.1, 0.15) is 30.4 Å². The van der Waals surface area contributed by atoms with Gasteiger partial charge in [0, 0.05) is 22.2 Å². The fraction of sp³-hybridized carbons (Fsp3) is 0.158. The molecule has 0 saturated heterocycles. The van der Waals surface area contributed by atoms with Crippen molar-refractivity contribution in [1.29, 1.82) is 0 Å². The van der Waals surface area contributed by atoms with E-state index in [4.69, 9.17) is 16.7 Å². The minimum absolute atomic E-state index is 0.0361. The second-order valence-electron chi connectivity index (χ2n) is 6.49. The molecule has 9 heteroatoms. The third-order valence-corrected chi connectivity index (χ3v) is 5.37. The summed E-state index contributed by atoms with van der Waals surface area (Å²) in [6.07, 6.45) is 0. The second kappa shape index (κ2) is 7.38. The minimum atomic E-state index is -3.83. The lowest BCUT2D eigenvalue weighted by atomic mass is 9.98. The van der Waals surface area contributed by atoms with Gasteiger partial charge in [-0.05, 0) is 43.7 Å². The Morgan fingerprint density at radius 1 is 1.07 bits per heavy atom. The number of nitrogens with two attached hydrogens (primary N) is 1. The summed E-state index contributed by atoms with van der Waals surface area (Å²) in [7, 11) is -3.83. The van der Waals surface area contributed by atoms with E-state index in [0.29, 0.717) is 27.4 Å². The van der Waals surface area contributed by atoms with Crippen LogP contribution in [-0.2, 0) is 10.0 Å². The van der Waals surface area contributed by atoms with E-state index in [0.717, 1.165) is 0 Å². The molecule has 2 aromatic carbocycles. The average Bonchev–Trinajstić information content (AvgIpc) is 3.03. The zero-order valence-electron chi connectivity index (χ0n) is 15.1. The van der Waals surface area contributed by atoms with E-state index in [2.05, 4.69) is 5.10 Å². The van der Waals surface area contributed by atoms with Gasteiger partial charge in [-0.15, -0.1) is 0 Å².